The fourth-order valence-electron chi connectivity index (χ4n) is 3.79. The molecule has 3 aromatic rings. The summed E-state index contributed by atoms with van der Waals surface area (Å²) < 4.78 is 13.2. The Balaban J connectivity index is 1.55. The van der Waals surface area contributed by atoms with Crippen LogP contribution in [0.2, 0.25) is 0 Å². The van der Waals surface area contributed by atoms with Gasteiger partial charge in [-0.15, -0.1) is 0 Å². The van der Waals surface area contributed by atoms with Crippen LogP contribution in [0.4, 0.5) is 0 Å². The summed E-state index contributed by atoms with van der Waals surface area (Å²) in [5.41, 5.74) is 2.82. The third kappa shape index (κ3) is 2.27. The molecule has 24 heavy (non-hydrogen) atoms. The monoisotopic (exact) mass is 321 g/mol. The first-order chi connectivity index (χ1) is 11.9. The van der Waals surface area contributed by atoms with Gasteiger partial charge in [0.25, 0.3) is 0 Å². The van der Waals surface area contributed by atoms with E-state index in [0.717, 1.165) is 43.3 Å². The van der Waals surface area contributed by atoms with Gasteiger partial charge in [0.2, 0.25) is 0 Å². The Morgan fingerprint density at radius 3 is 2.54 bits per heavy atom. The van der Waals surface area contributed by atoms with E-state index in [9.17, 15) is 0 Å². The predicted molar refractivity (Wildman–Crippen MR) is 88.8 cm³/mol. The van der Waals surface area contributed by atoms with E-state index in [1.165, 1.54) is 11.1 Å². The Kier molecular flexibility index (Phi) is 3.26. The average Bonchev–Trinajstić information content (AvgIpc) is 3.40. The molecular weight excluding hydrogens is 302 g/mol. The molecule has 0 spiro atoms. The van der Waals surface area contributed by atoms with Crippen LogP contribution in [0.3, 0.4) is 0 Å². The summed E-state index contributed by atoms with van der Waals surface area (Å²) in [5.74, 6) is 2.79. The zero-order chi connectivity index (χ0) is 15.9. The highest BCUT2D eigenvalue weighted by Crippen LogP contribution is 2.34. The fourth-order valence-corrected chi connectivity index (χ4v) is 3.79. The maximum Gasteiger partial charge on any atom is 0.194 e. The van der Waals surface area contributed by atoms with Crippen LogP contribution in [0.5, 0.6) is 0 Å². The normalized spacial score (nSPS) is 20.6. The zero-order valence-electron chi connectivity index (χ0n) is 13.4. The maximum atomic E-state index is 5.62. The molecule has 1 fully saturated rings. The van der Waals surface area contributed by atoms with Gasteiger partial charge in [-0.1, -0.05) is 24.3 Å². The molecule has 122 valence electrons. The first kappa shape index (κ1) is 14.0. The number of rotatable bonds is 3. The first-order valence-corrected chi connectivity index (χ1v) is 8.53. The molecule has 0 N–H and O–H groups in total. The molecule has 2 aromatic heterocycles. The Labute approximate surface area is 140 Å². The molecule has 1 atom stereocenters. The molecule has 1 unspecified atom stereocenters. The van der Waals surface area contributed by atoms with Crippen molar-refractivity contribution in [1.82, 2.24) is 14.8 Å². The highest BCUT2D eigenvalue weighted by molar-refractivity contribution is 5.47. The molecule has 5 heteroatoms. The van der Waals surface area contributed by atoms with Crippen LogP contribution in [-0.4, -0.2) is 28.0 Å². The number of nitrogens with zero attached hydrogens (tertiary/aromatic N) is 3. The molecule has 0 bridgehead atoms. The van der Waals surface area contributed by atoms with Crippen LogP contribution in [0.15, 0.2) is 47.1 Å². The van der Waals surface area contributed by atoms with Gasteiger partial charge in [-0.25, -0.2) is 9.67 Å². The van der Waals surface area contributed by atoms with E-state index in [4.69, 9.17) is 19.2 Å². The summed E-state index contributed by atoms with van der Waals surface area (Å²) >= 11 is 0. The van der Waals surface area contributed by atoms with Gasteiger partial charge in [-0.05, 0) is 42.5 Å². The molecule has 0 amide bonds. The van der Waals surface area contributed by atoms with E-state index in [-0.39, 0.29) is 0 Å². The van der Waals surface area contributed by atoms with Crippen molar-refractivity contribution in [3.63, 3.8) is 0 Å². The van der Waals surface area contributed by atoms with Crippen molar-refractivity contribution in [3.05, 3.63) is 59.6 Å². The van der Waals surface area contributed by atoms with E-state index in [1.807, 2.05) is 12.1 Å². The van der Waals surface area contributed by atoms with E-state index >= 15 is 0 Å². The molecule has 1 aliphatic heterocycles. The van der Waals surface area contributed by atoms with Gasteiger partial charge in [-0.2, -0.15) is 5.10 Å². The average molecular weight is 321 g/mol. The molecule has 2 aliphatic rings. The van der Waals surface area contributed by atoms with Crippen LogP contribution in [0, 0.1) is 0 Å². The second-order valence-corrected chi connectivity index (χ2v) is 6.61. The van der Waals surface area contributed by atoms with Gasteiger partial charge in [0.05, 0.1) is 18.9 Å². The minimum Gasteiger partial charge on any atom is -0.461 e. The van der Waals surface area contributed by atoms with Crippen molar-refractivity contribution in [3.8, 4) is 11.6 Å². The smallest absolute Gasteiger partial charge is 0.194 e. The van der Waals surface area contributed by atoms with Crippen molar-refractivity contribution in [2.24, 2.45) is 0 Å². The lowest BCUT2D eigenvalue weighted by atomic mass is 10.1. The predicted octanol–water partition coefficient (Wildman–Crippen LogP) is 3.38. The van der Waals surface area contributed by atoms with Crippen molar-refractivity contribution in [2.75, 3.05) is 13.2 Å². The summed E-state index contributed by atoms with van der Waals surface area (Å²) in [4.78, 5) is 4.82. The number of aromatic nitrogens is 3. The minimum atomic E-state index is 0.295. The van der Waals surface area contributed by atoms with E-state index in [1.54, 1.807) is 6.26 Å². The number of ether oxygens (including phenoxy) is 1. The van der Waals surface area contributed by atoms with Gasteiger partial charge in [0.1, 0.15) is 0 Å². The molecule has 1 saturated heterocycles. The molecule has 1 aliphatic carbocycles. The Bertz CT molecular complexity index is 822. The quantitative estimate of drug-likeness (QED) is 0.742. The van der Waals surface area contributed by atoms with Gasteiger partial charge < -0.3 is 9.15 Å². The molecule has 5 rings (SSSR count). The van der Waals surface area contributed by atoms with Crippen molar-refractivity contribution >= 4 is 0 Å². The fraction of sp³-hybridized carbons (Fsp3) is 0.368. The molecule has 1 aromatic carbocycles. The number of furan rings is 1. The molecule has 0 saturated carbocycles. The van der Waals surface area contributed by atoms with Gasteiger partial charge in [0, 0.05) is 12.5 Å². The van der Waals surface area contributed by atoms with Crippen LogP contribution < -0.4 is 0 Å². The lowest BCUT2D eigenvalue weighted by Gasteiger charge is -2.11. The molecule has 3 heterocycles. The summed E-state index contributed by atoms with van der Waals surface area (Å²) in [6.07, 6.45) is 4.67. The van der Waals surface area contributed by atoms with E-state index in [0.29, 0.717) is 18.6 Å². The number of hydrogen-bond acceptors (Lipinski definition) is 4. The summed E-state index contributed by atoms with van der Waals surface area (Å²) in [7, 11) is 0. The lowest BCUT2D eigenvalue weighted by molar-refractivity contribution is 0.193. The highest BCUT2D eigenvalue weighted by atomic mass is 16.5. The number of benzene rings is 1. The van der Waals surface area contributed by atoms with Crippen molar-refractivity contribution < 1.29 is 9.15 Å². The molecule has 0 radical (unpaired) electrons. The summed E-state index contributed by atoms with van der Waals surface area (Å²) in [5, 5.41) is 4.88. The summed E-state index contributed by atoms with van der Waals surface area (Å²) in [6, 6.07) is 12.8. The summed E-state index contributed by atoms with van der Waals surface area (Å²) in [6.45, 7) is 1.51. The highest BCUT2D eigenvalue weighted by Gasteiger charge is 2.30. The maximum absolute atomic E-state index is 5.62. The van der Waals surface area contributed by atoms with Crippen LogP contribution in [0.25, 0.3) is 11.6 Å². The van der Waals surface area contributed by atoms with Crippen molar-refractivity contribution in [2.45, 2.75) is 31.2 Å². The second-order valence-electron chi connectivity index (χ2n) is 6.61. The standard InChI is InChI=1S/C19H19N3O2/c1-2-5-14-11-16(10-13(14)4-1)22-19(17-6-3-8-24-17)20-18(21-22)15-7-9-23-12-15/h1-6,8,15-16H,7,9-12H2. The number of fused-ring (bicyclic) bond motifs is 1. The van der Waals surface area contributed by atoms with Gasteiger partial charge in [-0.3, -0.25) is 0 Å². The van der Waals surface area contributed by atoms with E-state index in [2.05, 4.69) is 28.9 Å². The second kappa shape index (κ2) is 5.60. The minimum absolute atomic E-state index is 0.295. The zero-order valence-corrected chi connectivity index (χ0v) is 13.4. The third-order valence-corrected chi connectivity index (χ3v) is 5.06. The third-order valence-electron chi connectivity index (χ3n) is 5.06. The van der Waals surface area contributed by atoms with Crippen LogP contribution in [-0.2, 0) is 17.6 Å². The Hall–Kier alpha value is -2.40. The van der Waals surface area contributed by atoms with Gasteiger partial charge >= 0.3 is 0 Å². The van der Waals surface area contributed by atoms with Gasteiger partial charge in [0.15, 0.2) is 17.4 Å². The largest absolute Gasteiger partial charge is 0.461 e. The first-order valence-electron chi connectivity index (χ1n) is 8.53. The Morgan fingerprint density at radius 1 is 1.04 bits per heavy atom. The lowest BCUT2D eigenvalue weighted by Crippen LogP contribution is -2.13. The number of hydrogen-bond donors (Lipinski definition) is 0. The Morgan fingerprint density at radius 2 is 1.88 bits per heavy atom. The molecular formula is C19H19N3O2. The SMILES string of the molecule is c1coc(-c2nc(C3CCOC3)nn2C2Cc3ccccc3C2)c1. The van der Waals surface area contributed by atoms with E-state index < -0.39 is 0 Å². The van der Waals surface area contributed by atoms with Crippen LogP contribution in [0.1, 0.15) is 35.3 Å². The molecule has 5 nitrogen and oxygen atoms in total. The topological polar surface area (TPSA) is 53.1 Å². The van der Waals surface area contributed by atoms with Crippen molar-refractivity contribution in [1.29, 1.82) is 0 Å². The van der Waals surface area contributed by atoms with Crippen LogP contribution >= 0.6 is 0 Å².